The van der Waals surface area contributed by atoms with Crippen LogP contribution in [0.15, 0.2) is 47.1 Å². The predicted octanol–water partition coefficient (Wildman–Crippen LogP) is 2.84. The van der Waals surface area contributed by atoms with Crippen molar-refractivity contribution in [3.63, 3.8) is 0 Å². The molecule has 0 fully saturated rings. The number of nitrogens with zero attached hydrogens (tertiary/aromatic N) is 1. The minimum Gasteiger partial charge on any atom is -0.469 e. The van der Waals surface area contributed by atoms with Gasteiger partial charge in [-0.2, -0.15) is 0 Å². The summed E-state index contributed by atoms with van der Waals surface area (Å²) in [5, 5.41) is 0. The lowest BCUT2D eigenvalue weighted by Gasteiger charge is -2.21. The maximum absolute atomic E-state index is 12.2. The number of benzene rings is 1. The second kappa shape index (κ2) is 6.80. The Hall–Kier alpha value is -2.23. The van der Waals surface area contributed by atoms with Crippen LogP contribution < -0.4 is 5.73 Å². The highest BCUT2D eigenvalue weighted by molar-refractivity contribution is 5.76. The van der Waals surface area contributed by atoms with Gasteiger partial charge in [0.1, 0.15) is 5.76 Å². The van der Waals surface area contributed by atoms with Crippen LogP contribution in [0.2, 0.25) is 0 Å². The van der Waals surface area contributed by atoms with Gasteiger partial charge in [-0.1, -0.05) is 18.2 Å². The molecule has 0 aliphatic heterocycles. The fraction of sp³-hybridized carbons (Fsp3) is 0.312. The van der Waals surface area contributed by atoms with E-state index in [9.17, 15) is 4.79 Å². The zero-order valence-electron chi connectivity index (χ0n) is 11.7. The van der Waals surface area contributed by atoms with Gasteiger partial charge in [0.2, 0.25) is 5.91 Å². The van der Waals surface area contributed by atoms with E-state index in [0.717, 1.165) is 17.0 Å². The van der Waals surface area contributed by atoms with Gasteiger partial charge in [-0.3, -0.25) is 4.79 Å². The summed E-state index contributed by atoms with van der Waals surface area (Å²) in [6.07, 6.45) is 2.71. The third-order valence-electron chi connectivity index (χ3n) is 3.32. The van der Waals surface area contributed by atoms with Crippen molar-refractivity contribution in [2.24, 2.45) is 0 Å². The lowest BCUT2D eigenvalue weighted by Crippen LogP contribution is -2.30. The number of hydrogen-bond acceptors (Lipinski definition) is 3. The number of nitrogens with two attached hydrogens (primary N) is 1. The molecule has 4 heteroatoms. The molecule has 1 heterocycles. The average Bonchev–Trinajstić information content (AvgIpc) is 2.97. The lowest BCUT2D eigenvalue weighted by atomic mass is 10.1. The number of furan rings is 1. The Morgan fingerprint density at radius 3 is 2.70 bits per heavy atom. The van der Waals surface area contributed by atoms with Crippen molar-refractivity contribution < 1.29 is 9.21 Å². The summed E-state index contributed by atoms with van der Waals surface area (Å²) < 4.78 is 5.24. The molecule has 2 rings (SSSR count). The van der Waals surface area contributed by atoms with Gasteiger partial charge in [0.15, 0.2) is 0 Å². The molecule has 0 spiro atoms. The standard InChI is InChI=1S/C16H20N2O2/c1-2-18(12-13-6-3-4-8-15(13)17)16(19)10-9-14-7-5-11-20-14/h3-8,11H,2,9-10,12,17H2,1H3. The summed E-state index contributed by atoms with van der Waals surface area (Å²) in [4.78, 5) is 14.0. The van der Waals surface area contributed by atoms with Gasteiger partial charge >= 0.3 is 0 Å². The minimum atomic E-state index is 0.118. The second-order valence-corrected chi connectivity index (χ2v) is 4.69. The zero-order valence-corrected chi connectivity index (χ0v) is 11.7. The van der Waals surface area contributed by atoms with Gasteiger partial charge < -0.3 is 15.1 Å². The van der Waals surface area contributed by atoms with E-state index in [1.807, 2.05) is 48.2 Å². The van der Waals surface area contributed by atoms with Crippen molar-refractivity contribution in [3.05, 3.63) is 54.0 Å². The maximum Gasteiger partial charge on any atom is 0.223 e. The molecule has 106 valence electrons. The number of rotatable bonds is 6. The predicted molar refractivity (Wildman–Crippen MR) is 79.0 cm³/mol. The molecule has 0 unspecified atom stereocenters. The summed E-state index contributed by atoms with van der Waals surface area (Å²) in [6.45, 7) is 3.20. The van der Waals surface area contributed by atoms with Crippen molar-refractivity contribution in [3.8, 4) is 0 Å². The van der Waals surface area contributed by atoms with Gasteiger partial charge in [0.05, 0.1) is 6.26 Å². The normalized spacial score (nSPS) is 10.4. The van der Waals surface area contributed by atoms with E-state index in [1.54, 1.807) is 6.26 Å². The van der Waals surface area contributed by atoms with Crippen LogP contribution in [0.3, 0.4) is 0 Å². The highest BCUT2D eigenvalue weighted by Crippen LogP contribution is 2.14. The molecule has 20 heavy (non-hydrogen) atoms. The summed E-state index contributed by atoms with van der Waals surface area (Å²) in [5.41, 5.74) is 7.64. The Balaban J connectivity index is 1.94. The largest absolute Gasteiger partial charge is 0.469 e. The molecule has 1 amide bonds. The Morgan fingerprint density at radius 2 is 2.05 bits per heavy atom. The topological polar surface area (TPSA) is 59.5 Å². The van der Waals surface area contributed by atoms with Crippen LogP contribution in [0.1, 0.15) is 24.7 Å². The number of anilines is 1. The third kappa shape index (κ3) is 3.63. The van der Waals surface area contributed by atoms with E-state index in [4.69, 9.17) is 10.2 Å². The molecule has 2 N–H and O–H groups in total. The number of amides is 1. The average molecular weight is 272 g/mol. The molecule has 0 radical (unpaired) electrons. The van der Waals surface area contributed by atoms with E-state index in [0.29, 0.717) is 25.9 Å². The molecule has 0 saturated heterocycles. The van der Waals surface area contributed by atoms with Crippen molar-refractivity contribution in [1.82, 2.24) is 4.90 Å². The fourth-order valence-corrected chi connectivity index (χ4v) is 2.10. The molecule has 2 aromatic rings. The monoisotopic (exact) mass is 272 g/mol. The quantitative estimate of drug-likeness (QED) is 0.823. The number of aryl methyl sites for hydroxylation is 1. The van der Waals surface area contributed by atoms with Crippen LogP contribution in [0.25, 0.3) is 0 Å². The molecule has 1 aromatic heterocycles. The number of hydrogen-bond donors (Lipinski definition) is 1. The first kappa shape index (κ1) is 14.2. The van der Waals surface area contributed by atoms with E-state index in [2.05, 4.69) is 0 Å². The van der Waals surface area contributed by atoms with E-state index in [1.165, 1.54) is 0 Å². The van der Waals surface area contributed by atoms with Gasteiger partial charge in [0.25, 0.3) is 0 Å². The van der Waals surface area contributed by atoms with Crippen LogP contribution in [-0.2, 0) is 17.8 Å². The summed E-state index contributed by atoms with van der Waals surface area (Å²) >= 11 is 0. The highest BCUT2D eigenvalue weighted by atomic mass is 16.3. The first-order chi connectivity index (χ1) is 9.70. The fourth-order valence-electron chi connectivity index (χ4n) is 2.10. The molecule has 0 bridgehead atoms. The molecular weight excluding hydrogens is 252 g/mol. The SMILES string of the molecule is CCN(Cc1ccccc1N)C(=O)CCc1ccco1. The highest BCUT2D eigenvalue weighted by Gasteiger charge is 2.13. The van der Waals surface area contributed by atoms with Gasteiger partial charge in [-0.15, -0.1) is 0 Å². The van der Waals surface area contributed by atoms with E-state index >= 15 is 0 Å². The van der Waals surface area contributed by atoms with Gasteiger partial charge in [0, 0.05) is 31.6 Å². The Bertz CT molecular complexity index is 549. The smallest absolute Gasteiger partial charge is 0.223 e. The number of carbonyl (C=O) groups excluding carboxylic acids is 1. The number of para-hydroxylation sites is 1. The number of nitrogen functional groups attached to an aromatic ring is 1. The third-order valence-corrected chi connectivity index (χ3v) is 3.32. The Labute approximate surface area is 119 Å². The van der Waals surface area contributed by atoms with Crippen LogP contribution in [-0.4, -0.2) is 17.4 Å². The van der Waals surface area contributed by atoms with Crippen molar-refractivity contribution in [2.45, 2.75) is 26.3 Å². The molecule has 0 aliphatic carbocycles. The molecule has 4 nitrogen and oxygen atoms in total. The first-order valence-electron chi connectivity index (χ1n) is 6.84. The van der Waals surface area contributed by atoms with Gasteiger partial charge in [-0.05, 0) is 30.7 Å². The van der Waals surface area contributed by atoms with E-state index in [-0.39, 0.29) is 5.91 Å². The molecule has 0 aliphatic rings. The molecule has 0 saturated carbocycles. The van der Waals surface area contributed by atoms with Crippen molar-refractivity contribution >= 4 is 11.6 Å². The maximum atomic E-state index is 12.2. The molecule has 0 atom stereocenters. The molecular formula is C16H20N2O2. The van der Waals surface area contributed by atoms with E-state index < -0.39 is 0 Å². The summed E-state index contributed by atoms with van der Waals surface area (Å²) in [5.74, 6) is 0.959. The van der Waals surface area contributed by atoms with Crippen molar-refractivity contribution in [1.29, 1.82) is 0 Å². The number of carbonyl (C=O) groups is 1. The Morgan fingerprint density at radius 1 is 1.25 bits per heavy atom. The van der Waals surface area contributed by atoms with Crippen LogP contribution in [0.5, 0.6) is 0 Å². The summed E-state index contributed by atoms with van der Waals surface area (Å²) in [7, 11) is 0. The summed E-state index contributed by atoms with van der Waals surface area (Å²) in [6, 6.07) is 11.4. The van der Waals surface area contributed by atoms with Crippen molar-refractivity contribution in [2.75, 3.05) is 12.3 Å². The Kier molecular flexibility index (Phi) is 4.82. The van der Waals surface area contributed by atoms with Crippen LogP contribution in [0, 0.1) is 0 Å². The first-order valence-corrected chi connectivity index (χ1v) is 6.84. The minimum absolute atomic E-state index is 0.118. The second-order valence-electron chi connectivity index (χ2n) is 4.69. The molecule has 1 aromatic carbocycles. The van der Waals surface area contributed by atoms with Crippen LogP contribution >= 0.6 is 0 Å². The van der Waals surface area contributed by atoms with Gasteiger partial charge in [-0.25, -0.2) is 0 Å². The lowest BCUT2D eigenvalue weighted by molar-refractivity contribution is -0.131. The van der Waals surface area contributed by atoms with Crippen LogP contribution in [0.4, 0.5) is 5.69 Å². The zero-order chi connectivity index (χ0) is 14.4.